The number of H-pyrrole nitrogens is 1. The Morgan fingerprint density at radius 3 is 2.48 bits per heavy atom. The summed E-state index contributed by atoms with van der Waals surface area (Å²) in [5.74, 6) is -0.867. The van der Waals surface area contributed by atoms with Crippen molar-refractivity contribution in [3.8, 4) is 0 Å². The molecule has 2 aromatic carbocycles. The number of anilines is 1. The number of halogens is 2. The predicted octanol–water partition coefficient (Wildman–Crippen LogP) is 3.98. The SMILES string of the molecule is O=C(OCC(=O)N1CCN(c2cccc(Cl)c2)CC1)c1[nH]c2ccccc2c1Cl. The average Bonchev–Trinajstić information content (AvgIpc) is 3.09. The number of aromatic amines is 1. The first-order valence-electron chi connectivity index (χ1n) is 9.24. The first-order valence-corrected chi connectivity index (χ1v) is 10.00. The molecule has 0 saturated carbocycles. The van der Waals surface area contributed by atoms with Crippen molar-refractivity contribution >= 4 is 51.7 Å². The van der Waals surface area contributed by atoms with E-state index in [1.165, 1.54) is 0 Å². The number of esters is 1. The van der Waals surface area contributed by atoms with Crippen LogP contribution in [-0.4, -0.2) is 54.5 Å². The van der Waals surface area contributed by atoms with E-state index in [9.17, 15) is 9.59 Å². The van der Waals surface area contributed by atoms with Gasteiger partial charge in [0, 0.05) is 47.8 Å². The number of carbonyl (C=O) groups is 2. The number of ether oxygens (including phenoxy) is 1. The van der Waals surface area contributed by atoms with Crippen molar-refractivity contribution in [2.24, 2.45) is 0 Å². The van der Waals surface area contributed by atoms with E-state index in [1.54, 1.807) is 4.90 Å². The summed E-state index contributed by atoms with van der Waals surface area (Å²) in [6.45, 7) is 2.16. The van der Waals surface area contributed by atoms with Crippen molar-refractivity contribution in [2.45, 2.75) is 0 Å². The van der Waals surface area contributed by atoms with Gasteiger partial charge in [-0.25, -0.2) is 4.79 Å². The molecule has 3 aromatic rings. The van der Waals surface area contributed by atoms with Crippen LogP contribution in [0.2, 0.25) is 10.0 Å². The number of aromatic nitrogens is 1. The lowest BCUT2D eigenvalue weighted by molar-refractivity contribution is -0.134. The van der Waals surface area contributed by atoms with Crippen molar-refractivity contribution in [1.29, 1.82) is 0 Å². The highest BCUT2D eigenvalue weighted by atomic mass is 35.5. The second kappa shape index (κ2) is 8.35. The highest BCUT2D eigenvalue weighted by Crippen LogP contribution is 2.27. The Morgan fingerprint density at radius 2 is 1.76 bits per heavy atom. The molecule has 0 unspecified atom stereocenters. The summed E-state index contributed by atoms with van der Waals surface area (Å²) < 4.78 is 5.20. The number of hydrogen-bond donors (Lipinski definition) is 1. The van der Waals surface area contributed by atoms with E-state index in [0.717, 1.165) is 16.6 Å². The molecule has 1 aliphatic rings. The lowest BCUT2D eigenvalue weighted by Gasteiger charge is -2.36. The Kier molecular flexibility index (Phi) is 5.65. The molecule has 0 radical (unpaired) electrons. The Hall–Kier alpha value is -2.70. The molecular weight excluding hydrogens is 413 g/mol. The molecule has 0 atom stereocenters. The zero-order valence-corrected chi connectivity index (χ0v) is 17.0. The summed E-state index contributed by atoms with van der Waals surface area (Å²) in [6, 6.07) is 15.0. The Balaban J connectivity index is 1.32. The molecule has 1 N–H and O–H groups in total. The fourth-order valence-corrected chi connectivity index (χ4v) is 3.90. The van der Waals surface area contributed by atoms with Crippen molar-refractivity contribution in [2.75, 3.05) is 37.7 Å². The second-order valence-electron chi connectivity index (χ2n) is 6.78. The number of fused-ring (bicyclic) bond motifs is 1. The van der Waals surface area contributed by atoms with E-state index in [1.807, 2.05) is 48.5 Å². The maximum Gasteiger partial charge on any atom is 0.356 e. The number of rotatable bonds is 4. The van der Waals surface area contributed by atoms with Gasteiger partial charge in [-0.3, -0.25) is 4.79 Å². The third-order valence-electron chi connectivity index (χ3n) is 4.98. The molecule has 150 valence electrons. The number of benzene rings is 2. The Bertz CT molecular complexity index is 1060. The van der Waals surface area contributed by atoms with Gasteiger partial charge in [0.15, 0.2) is 6.61 Å². The number of amides is 1. The molecule has 4 rings (SSSR count). The van der Waals surface area contributed by atoms with E-state index in [4.69, 9.17) is 27.9 Å². The van der Waals surface area contributed by atoms with Gasteiger partial charge in [0.25, 0.3) is 5.91 Å². The zero-order chi connectivity index (χ0) is 20.4. The molecule has 2 heterocycles. The fraction of sp³-hybridized carbons (Fsp3) is 0.238. The minimum atomic E-state index is -0.642. The lowest BCUT2D eigenvalue weighted by atomic mass is 10.2. The van der Waals surface area contributed by atoms with Gasteiger partial charge in [-0.15, -0.1) is 0 Å². The van der Waals surface area contributed by atoms with E-state index in [-0.39, 0.29) is 18.2 Å². The van der Waals surface area contributed by atoms with Gasteiger partial charge in [0.2, 0.25) is 0 Å². The van der Waals surface area contributed by atoms with Crippen LogP contribution < -0.4 is 4.90 Å². The highest BCUT2D eigenvalue weighted by molar-refractivity contribution is 6.38. The summed E-state index contributed by atoms with van der Waals surface area (Å²) in [5.41, 5.74) is 1.93. The minimum absolute atomic E-state index is 0.159. The molecule has 6 nitrogen and oxygen atoms in total. The van der Waals surface area contributed by atoms with Gasteiger partial charge >= 0.3 is 5.97 Å². The average molecular weight is 432 g/mol. The van der Waals surface area contributed by atoms with Crippen LogP contribution >= 0.6 is 23.2 Å². The number of hydrogen-bond acceptors (Lipinski definition) is 4. The number of nitrogens with zero attached hydrogens (tertiary/aromatic N) is 2. The molecule has 1 aromatic heterocycles. The van der Waals surface area contributed by atoms with Crippen LogP contribution in [0.15, 0.2) is 48.5 Å². The third kappa shape index (κ3) is 4.18. The van der Waals surface area contributed by atoms with Crippen LogP contribution in [0.1, 0.15) is 10.5 Å². The summed E-state index contributed by atoms with van der Waals surface area (Å²) >= 11 is 12.3. The Morgan fingerprint density at radius 1 is 1.00 bits per heavy atom. The van der Waals surface area contributed by atoms with Crippen molar-refractivity contribution in [3.63, 3.8) is 0 Å². The van der Waals surface area contributed by atoms with Gasteiger partial charge in [-0.1, -0.05) is 47.5 Å². The lowest BCUT2D eigenvalue weighted by Crippen LogP contribution is -2.49. The first-order chi connectivity index (χ1) is 14.0. The largest absolute Gasteiger partial charge is 0.451 e. The van der Waals surface area contributed by atoms with Gasteiger partial charge in [-0.2, -0.15) is 0 Å². The summed E-state index contributed by atoms with van der Waals surface area (Å²) in [6.07, 6.45) is 0. The molecule has 0 aliphatic carbocycles. The van der Waals surface area contributed by atoms with E-state index in [0.29, 0.717) is 36.2 Å². The number of para-hydroxylation sites is 1. The normalized spacial score (nSPS) is 14.3. The molecule has 0 bridgehead atoms. The molecule has 8 heteroatoms. The third-order valence-corrected chi connectivity index (χ3v) is 5.61. The fourth-order valence-electron chi connectivity index (χ4n) is 3.43. The number of nitrogens with one attached hydrogen (secondary N) is 1. The van der Waals surface area contributed by atoms with Crippen LogP contribution in [0.5, 0.6) is 0 Å². The minimum Gasteiger partial charge on any atom is -0.451 e. The van der Waals surface area contributed by atoms with Crippen molar-refractivity contribution < 1.29 is 14.3 Å². The first kappa shape index (κ1) is 19.6. The topological polar surface area (TPSA) is 65.6 Å². The van der Waals surface area contributed by atoms with Crippen molar-refractivity contribution in [1.82, 2.24) is 9.88 Å². The van der Waals surface area contributed by atoms with E-state index in [2.05, 4.69) is 9.88 Å². The van der Waals surface area contributed by atoms with E-state index >= 15 is 0 Å². The summed E-state index contributed by atoms with van der Waals surface area (Å²) in [7, 11) is 0. The quantitative estimate of drug-likeness (QED) is 0.634. The second-order valence-corrected chi connectivity index (χ2v) is 7.60. The molecule has 1 amide bonds. The molecule has 0 spiro atoms. The molecule has 29 heavy (non-hydrogen) atoms. The molecule has 1 fully saturated rings. The van der Waals surface area contributed by atoms with Crippen LogP contribution in [-0.2, 0) is 9.53 Å². The van der Waals surface area contributed by atoms with Gasteiger partial charge < -0.3 is 19.5 Å². The number of carbonyl (C=O) groups excluding carboxylic acids is 2. The smallest absolute Gasteiger partial charge is 0.356 e. The predicted molar refractivity (Wildman–Crippen MR) is 114 cm³/mol. The number of piperazine rings is 1. The maximum absolute atomic E-state index is 12.5. The van der Waals surface area contributed by atoms with Gasteiger partial charge in [-0.05, 0) is 24.3 Å². The van der Waals surface area contributed by atoms with Crippen LogP contribution in [0.25, 0.3) is 10.9 Å². The van der Waals surface area contributed by atoms with Gasteiger partial charge in [0.05, 0.1) is 5.02 Å². The van der Waals surface area contributed by atoms with E-state index < -0.39 is 5.97 Å². The molecule has 1 saturated heterocycles. The van der Waals surface area contributed by atoms with Crippen LogP contribution in [0.4, 0.5) is 5.69 Å². The standard InChI is InChI=1S/C21H19Cl2N3O3/c22-14-4-3-5-15(12-14)25-8-10-26(11-9-25)18(27)13-29-21(28)20-19(23)16-6-1-2-7-17(16)24-20/h1-7,12,24H,8-11,13H2. The highest BCUT2D eigenvalue weighted by Gasteiger charge is 2.24. The molecule has 1 aliphatic heterocycles. The van der Waals surface area contributed by atoms with Crippen molar-refractivity contribution in [3.05, 3.63) is 64.3 Å². The Labute approximate surface area is 177 Å². The van der Waals surface area contributed by atoms with Crippen LogP contribution in [0.3, 0.4) is 0 Å². The summed E-state index contributed by atoms with van der Waals surface area (Å²) in [5, 5.41) is 1.72. The summed E-state index contributed by atoms with van der Waals surface area (Å²) in [4.78, 5) is 31.6. The molecular formula is C21H19Cl2N3O3. The monoisotopic (exact) mass is 431 g/mol. The maximum atomic E-state index is 12.5. The van der Waals surface area contributed by atoms with Crippen LogP contribution in [0, 0.1) is 0 Å². The zero-order valence-electron chi connectivity index (χ0n) is 15.5. The van der Waals surface area contributed by atoms with Gasteiger partial charge in [0.1, 0.15) is 5.69 Å².